The Morgan fingerprint density at radius 3 is 2.28 bits per heavy atom. The van der Waals surface area contributed by atoms with E-state index in [0.29, 0.717) is 13.0 Å². The van der Waals surface area contributed by atoms with E-state index in [1.54, 1.807) is 0 Å². The van der Waals surface area contributed by atoms with Crippen molar-refractivity contribution in [3.63, 3.8) is 0 Å². The predicted octanol–water partition coefficient (Wildman–Crippen LogP) is 3.16. The highest BCUT2D eigenvalue weighted by Gasteiger charge is 2.27. The van der Waals surface area contributed by atoms with Crippen molar-refractivity contribution >= 4 is 11.9 Å². The predicted molar refractivity (Wildman–Crippen MR) is 114 cm³/mol. The molecule has 1 saturated heterocycles. The van der Waals surface area contributed by atoms with Gasteiger partial charge in [-0.15, -0.1) is 0 Å². The number of benzene rings is 2. The average Bonchev–Trinajstić information content (AvgIpc) is 2.78. The highest BCUT2D eigenvalue weighted by Crippen LogP contribution is 2.21. The molecular formula is C24H30N2O3. The number of nitrogens with zero attached hydrogens (tertiary/aromatic N) is 1. The van der Waals surface area contributed by atoms with Gasteiger partial charge in [-0.05, 0) is 30.4 Å². The molecule has 0 spiro atoms. The summed E-state index contributed by atoms with van der Waals surface area (Å²) in [5.41, 5.74) is 2.17. The molecule has 5 heteroatoms. The fourth-order valence-corrected chi connectivity index (χ4v) is 3.86. The first-order valence-electron chi connectivity index (χ1n) is 10.3. The molecule has 1 unspecified atom stereocenters. The smallest absolute Gasteiger partial charge is 0.314 e. The van der Waals surface area contributed by atoms with Crippen LogP contribution < -0.4 is 5.32 Å². The summed E-state index contributed by atoms with van der Waals surface area (Å²) >= 11 is 0. The van der Waals surface area contributed by atoms with Gasteiger partial charge in [0.05, 0.1) is 13.0 Å². The maximum absolute atomic E-state index is 12.3. The molecule has 3 rings (SSSR count). The van der Waals surface area contributed by atoms with Crippen LogP contribution in [0.1, 0.15) is 36.3 Å². The summed E-state index contributed by atoms with van der Waals surface area (Å²) in [6.45, 7) is 2.37. The molecule has 1 N–H and O–H groups in total. The third kappa shape index (κ3) is 6.43. The Hall–Kier alpha value is -2.66. The summed E-state index contributed by atoms with van der Waals surface area (Å²) in [6, 6.07) is 20.1. The quantitative estimate of drug-likeness (QED) is 0.699. The number of piperidine rings is 1. The summed E-state index contributed by atoms with van der Waals surface area (Å²) in [6.07, 6.45) is 3.09. The van der Waals surface area contributed by atoms with E-state index in [-0.39, 0.29) is 23.8 Å². The van der Waals surface area contributed by atoms with Crippen molar-refractivity contribution in [2.24, 2.45) is 0 Å². The molecule has 2 aromatic carbocycles. The number of esters is 1. The summed E-state index contributed by atoms with van der Waals surface area (Å²) in [5.74, 6) is -0.366. The van der Waals surface area contributed by atoms with Crippen molar-refractivity contribution in [1.82, 2.24) is 10.2 Å². The molecule has 154 valence electrons. The number of ether oxygens (including phenoxy) is 1. The lowest BCUT2D eigenvalue weighted by atomic mass is 9.96. The number of hydrogen-bond donors (Lipinski definition) is 1. The molecule has 5 nitrogen and oxygen atoms in total. The molecule has 1 atom stereocenters. The lowest BCUT2D eigenvalue weighted by Gasteiger charge is -2.34. The fourth-order valence-electron chi connectivity index (χ4n) is 3.86. The van der Waals surface area contributed by atoms with Gasteiger partial charge in [-0.3, -0.25) is 9.59 Å². The second kappa shape index (κ2) is 10.8. The van der Waals surface area contributed by atoms with Crippen molar-refractivity contribution in [1.29, 1.82) is 0 Å². The number of hydrogen-bond acceptors (Lipinski definition) is 4. The number of carbonyl (C=O) groups is 2. The van der Waals surface area contributed by atoms with Crippen molar-refractivity contribution < 1.29 is 14.3 Å². The van der Waals surface area contributed by atoms with Crippen molar-refractivity contribution in [3.8, 4) is 0 Å². The second-order valence-corrected chi connectivity index (χ2v) is 7.61. The topological polar surface area (TPSA) is 58.6 Å². The van der Waals surface area contributed by atoms with Crippen LogP contribution >= 0.6 is 0 Å². The molecule has 0 aliphatic carbocycles. The van der Waals surface area contributed by atoms with Gasteiger partial charge in [0.1, 0.15) is 0 Å². The van der Waals surface area contributed by atoms with E-state index in [2.05, 4.69) is 22.3 Å². The van der Waals surface area contributed by atoms with Gasteiger partial charge in [0.15, 0.2) is 0 Å². The van der Waals surface area contributed by atoms with Gasteiger partial charge >= 0.3 is 5.97 Å². The number of likely N-dealkylation sites (tertiary alicyclic amines) is 1. The maximum Gasteiger partial charge on any atom is 0.314 e. The fraction of sp³-hybridized carbons (Fsp3) is 0.417. The van der Waals surface area contributed by atoms with Crippen molar-refractivity contribution in [2.45, 2.75) is 37.6 Å². The average molecular weight is 395 g/mol. The van der Waals surface area contributed by atoms with Crippen LogP contribution in [0.5, 0.6) is 0 Å². The Bertz CT molecular complexity index is 771. The zero-order chi connectivity index (χ0) is 20.5. The van der Waals surface area contributed by atoms with Crippen LogP contribution in [-0.2, 0) is 20.7 Å². The van der Waals surface area contributed by atoms with Gasteiger partial charge in [-0.25, -0.2) is 0 Å². The molecule has 1 aliphatic rings. The number of rotatable bonds is 8. The first kappa shape index (κ1) is 21.1. The minimum atomic E-state index is -0.279. The maximum atomic E-state index is 12.3. The standard InChI is InChI=1S/C24H30N2O3/c1-29-24(28)22(20-10-6-3-7-11-20)18-26-16-14-21(15-17-26)25-23(27)13-12-19-8-4-2-5-9-19/h2-11,21-22H,12-18H2,1H3,(H,25,27). The van der Waals surface area contributed by atoms with Gasteiger partial charge < -0.3 is 15.0 Å². The lowest BCUT2D eigenvalue weighted by Crippen LogP contribution is -2.46. The molecule has 1 amide bonds. The van der Waals surface area contributed by atoms with Crippen molar-refractivity contribution in [2.75, 3.05) is 26.7 Å². The Morgan fingerprint density at radius 2 is 1.66 bits per heavy atom. The number of nitrogens with one attached hydrogen (secondary N) is 1. The lowest BCUT2D eigenvalue weighted by molar-refractivity contribution is -0.143. The Kier molecular flexibility index (Phi) is 7.82. The molecule has 0 aromatic heterocycles. The molecule has 0 radical (unpaired) electrons. The molecule has 1 aliphatic heterocycles. The summed E-state index contributed by atoms with van der Waals surface area (Å²) < 4.78 is 5.02. The Morgan fingerprint density at radius 1 is 1.03 bits per heavy atom. The third-order valence-electron chi connectivity index (χ3n) is 5.56. The molecule has 0 bridgehead atoms. The normalized spacial score (nSPS) is 16.2. The number of carbonyl (C=O) groups excluding carboxylic acids is 2. The highest BCUT2D eigenvalue weighted by atomic mass is 16.5. The minimum absolute atomic E-state index is 0.115. The van der Waals surface area contributed by atoms with Gasteiger partial charge in [0.2, 0.25) is 5.91 Å². The van der Waals surface area contributed by atoms with Gasteiger partial charge in [0, 0.05) is 32.1 Å². The molecule has 1 heterocycles. The van der Waals surface area contributed by atoms with Crippen LogP contribution in [0.2, 0.25) is 0 Å². The van der Waals surface area contributed by atoms with E-state index in [1.807, 2.05) is 48.5 Å². The van der Waals surface area contributed by atoms with Gasteiger partial charge in [0.25, 0.3) is 0 Å². The van der Waals surface area contributed by atoms with E-state index in [1.165, 1.54) is 12.7 Å². The monoisotopic (exact) mass is 394 g/mol. The van der Waals surface area contributed by atoms with E-state index >= 15 is 0 Å². The van der Waals surface area contributed by atoms with E-state index in [0.717, 1.165) is 37.9 Å². The van der Waals surface area contributed by atoms with E-state index in [9.17, 15) is 9.59 Å². The zero-order valence-corrected chi connectivity index (χ0v) is 17.0. The second-order valence-electron chi connectivity index (χ2n) is 7.61. The number of aryl methyl sites for hydroxylation is 1. The largest absolute Gasteiger partial charge is 0.469 e. The minimum Gasteiger partial charge on any atom is -0.469 e. The molecule has 1 fully saturated rings. The summed E-state index contributed by atoms with van der Waals surface area (Å²) in [4.78, 5) is 26.8. The van der Waals surface area contributed by atoms with Gasteiger partial charge in [-0.2, -0.15) is 0 Å². The van der Waals surface area contributed by atoms with E-state index in [4.69, 9.17) is 4.74 Å². The molecule has 29 heavy (non-hydrogen) atoms. The third-order valence-corrected chi connectivity index (χ3v) is 5.56. The summed E-state index contributed by atoms with van der Waals surface area (Å²) in [5, 5.41) is 3.17. The van der Waals surface area contributed by atoms with Crippen LogP contribution in [0.3, 0.4) is 0 Å². The van der Waals surface area contributed by atoms with Crippen LogP contribution in [0, 0.1) is 0 Å². The number of amides is 1. The molecular weight excluding hydrogens is 364 g/mol. The summed E-state index contributed by atoms with van der Waals surface area (Å²) in [7, 11) is 1.44. The molecule has 0 saturated carbocycles. The molecule has 2 aromatic rings. The number of methoxy groups -OCH3 is 1. The zero-order valence-electron chi connectivity index (χ0n) is 17.0. The van der Waals surface area contributed by atoms with E-state index < -0.39 is 0 Å². The van der Waals surface area contributed by atoms with Crippen LogP contribution in [0.4, 0.5) is 0 Å². The first-order valence-corrected chi connectivity index (χ1v) is 10.3. The Labute approximate surface area is 173 Å². The van der Waals surface area contributed by atoms with Crippen molar-refractivity contribution in [3.05, 3.63) is 71.8 Å². The van der Waals surface area contributed by atoms with Crippen LogP contribution in [-0.4, -0.2) is 49.6 Å². The highest BCUT2D eigenvalue weighted by molar-refractivity contribution is 5.78. The van der Waals surface area contributed by atoms with Gasteiger partial charge in [-0.1, -0.05) is 60.7 Å². The van der Waals surface area contributed by atoms with Crippen LogP contribution in [0.15, 0.2) is 60.7 Å². The first-order chi connectivity index (χ1) is 14.2. The van der Waals surface area contributed by atoms with Crippen LogP contribution in [0.25, 0.3) is 0 Å². The Balaban J connectivity index is 1.44. The SMILES string of the molecule is COC(=O)C(CN1CCC(NC(=O)CCc2ccccc2)CC1)c1ccccc1.